The molecule has 0 saturated carbocycles. The SMILES string of the molecule is CC/C=C\C/C=C\C/C=C\C/C=C\C/C=C\C/C=C\C/C=C\CCCCCCCCCCCCCCCCCC(=O)OC(COC(=O)CCCCCCCCCCCCCCCCCCCCCCCCCCCCCCCCCCCC)COP(=O)(O)OCCN. The smallest absolute Gasteiger partial charge is 0.462 e. The Morgan fingerprint density at radius 1 is 0.337 bits per heavy atom. The van der Waals surface area contributed by atoms with Crippen LogP contribution < -0.4 is 5.73 Å². The van der Waals surface area contributed by atoms with Gasteiger partial charge in [-0.2, -0.15) is 0 Å². The van der Waals surface area contributed by atoms with Crippen LogP contribution in [0.25, 0.3) is 0 Å². The maximum Gasteiger partial charge on any atom is 0.472 e. The summed E-state index contributed by atoms with van der Waals surface area (Å²) in [6.07, 6.45) is 104. The molecule has 2 unspecified atom stereocenters. The molecule has 9 nitrogen and oxygen atoms in total. The molecule has 536 valence electrons. The van der Waals surface area contributed by atoms with Crippen LogP contribution in [-0.2, 0) is 32.7 Å². The summed E-state index contributed by atoms with van der Waals surface area (Å²) < 4.78 is 33.3. The molecule has 0 aliphatic rings. The molecular weight excluding hydrogens is 1160 g/mol. The number of carbonyl (C=O) groups is 2. The van der Waals surface area contributed by atoms with E-state index in [1.54, 1.807) is 0 Å². The number of rotatable bonds is 75. The van der Waals surface area contributed by atoms with Gasteiger partial charge in [0.15, 0.2) is 6.10 Å². The Morgan fingerprint density at radius 3 is 0.891 bits per heavy atom. The van der Waals surface area contributed by atoms with Gasteiger partial charge in [-0.05, 0) is 70.6 Å². The molecular formula is C82H150NO8P. The van der Waals surface area contributed by atoms with Gasteiger partial charge in [-0.15, -0.1) is 0 Å². The molecule has 10 heteroatoms. The first-order valence-corrected chi connectivity index (χ1v) is 41.1. The molecule has 0 rings (SSSR count). The first-order chi connectivity index (χ1) is 45.3. The van der Waals surface area contributed by atoms with E-state index in [1.165, 1.54) is 276 Å². The Bertz CT molecular complexity index is 1790. The van der Waals surface area contributed by atoms with Crippen molar-refractivity contribution < 1.29 is 37.6 Å². The number of carbonyl (C=O) groups excluding carboxylic acids is 2. The van der Waals surface area contributed by atoms with Gasteiger partial charge in [0.2, 0.25) is 0 Å². The summed E-state index contributed by atoms with van der Waals surface area (Å²) in [5.74, 6) is -0.810. The summed E-state index contributed by atoms with van der Waals surface area (Å²) in [5, 5.41) is 0. The lowest BCUT2D eigenvalue weighted by Crippen LogP contribution is -2.29. The Hall–Kier alpha value is -2.81. The van der Waals surface area contributed by atoms with Crippen LogP contribution in [0.5, 0.6) is 0 Å². The Morgan fingerprint density at radius 2 is 0.598 bits per heavy atom. The van der Waals surface area contributed by atoms with Crippen molar-refractivity contribution in [2.45, 2.75) is 399 Å². The molecule has 0 aliphatic heterocycles. The van der Waals surface area contributed by atoms with Gasteiger partial charge in [0.1, 0.15) is 6.61 Å². The Labute approximate surface area is 570 Å². The van der Waals surface area contributed by atoms with Crippen LogP contribution in [-0.4, -0.2) is 49.3 Å². The second-order valence-corrected chi connectivity index (χ2v) is 28.0. The zero-order valence-electron chi connectivity index (χ0n) is 60.5. The number of ether oxygens (including phenoxy) is 2. The summed E-state index contributed by atoms with van der Waals surface area (Å²) in [6.45, 7) is 3.70. The van der Waals surface area contributed by atoms with Crippen molar-refractivity contribution in [3.05, 3.63) is 85.1 Å². The zero-order valence-corrected chi connectivity index (χ0v) is 61.4. The molecule has 2 atom stereocenters. The number of hydrogen-bond acceptors (Lipinski definition) is 8. The predicted molar refractivity (Wildman–Crippen MR) is 399 cm³/mol. The van der Waals surface area contributed by atoms with Crippen molar-refractivity contribution in [3.63, 3.8) is 0 Å². The second kappa shape index (κ2) is 77.2. The highest BCUT2D eigenvalue weighted by atomic mass is 31.2. The van der Waals surface area contributed by atoms with Gasteiger partial charge in [-0.25, -0.2) is 4.57 Å². The molecule has 0 aromatic carbocycles. The quantitative estimate of drug-likeness (QED) is 0.0264. The molecule has 0 spiro atoms. The van der Waals surface area contributed by atoms with Crippen molar-refractivity contribution in [2.75, 3.05) is 26.4 Å². The minimum absolute atomic E-state index is 0.0533. The lowest BCUT2D eigenvalue weighted by Gasteiger charge is -2.19. The van der Waals surface area contributed by atoms with Gasteiger partial charge in [0, 0.05) is 19.4 Å². The van der Waals surface area contributed by atoms with Crippen LogP contribution in [0.1, 0.15) is 393 Å². The molecule has 0 heterocycles. The van der Waals surface area contributed by atoms with Crippen LogP contribution in [0.2, 0.25) is 0 Å². The molecule has 3 N–H and O–H groups in total. The molecule has 0 bridgehead atoms. The van der Waals surface area contributed by atoms with Gasteiger partial charge < -0.3 is 20.1 Å². The molecule has 0 fully saturated rings. The maximum atomic E-state index is 12.8. The Kier molecular flexibility index (Phi) is 74.8. The molecule has 0 amide bonds. The zero-order chi connectivity index (χ0) is 66.5. The number of esters is 2. The van der Waals surface area contributed by atoms with E-state index >= 15 is 0 Å². The van der Waals surface area contributed by atoms with Crippen LogP contribution in [0.4, 0.5) is 0 Å². The third kappa shape index (κ3) is 76.2. The van der Waals surface area contributed by atoms with E-state index < -0.39 is 26.5 Å². The molecule has 0 aromatic rings. The van der Waals surface area contributed by atoms with Crippen LogP contribution >= 0.6 is 7.82 Å². The molecule has 0 radical (unpaired) electrons. The number of unbranched alkanes of at least 4 members (excludes halogenated alkanes) is 48. The van der Waals surface area contributed by atoms with Gasteiger partial charge in [0.25, 0.3) is 0 Å². The van der Waals surface area contributed by atoms with Crippen LogP contribution in [0.15, 0.2) is 85.1 Å². The lowest BCUT2D eigenvalue weighted by molar-refractivity contribution is -0.161. The van der Waals surface area contributed by atoms with Gasteiger partial charge >= 0.3 is 19.8 Å². The summed E-state index contributed by atoms with van der Waals surface area (Å²) >= 11 is 0. The van der Waals surface area contributed by atoms with Crippen LogP contribution in [0.3, 0.4) is 0 Å². The van der Waals surface area contributed by atoms with Crippen molar-refractivity contribution in [1.29, 1.82) is 0 Å². The van der Waals surface area contributed by atoms with Gasteiger partial charge in [0.05, 0.1) is 13.2 Å². The van der Waals surface area contributed by atoms with Crippen LogP contribution in [0, 0.1) is 0 Å². The third-order valence-corrected chi connectivity index (χ3v) is 18.5. The van der Waals surface area contributed by atoms with E-state index in [2.05, 4.69) is 98.9 Å². The topological polar surface area (TPSA) is 134 Å². The largest absolute Gasteiger partial charge is 0.472 e. The minimum Gasteiger partial charge on any atom is -0.462 e. The summed E-state index contributed by atoms with van der Waals surface area (Å²) in [4.78, 5) is 35.5. The second-order valence-electron chi connectivity index (χ2n) is 26.6. The lowest BCUT2D eigenvalue weighted by atomic mass is 10.0. The minimum atomic E-state index is -4.40. The first kappa shape index (κ1) is 89.2. The first-order valence-electron chi connectivity index (χ1n) is 39.6. The number of hydrogen-bond donors (Lipinski definition) is 2. The van der Waals surface area contributed by atoms with Gasteiger partial charge in [-0.1, -0.05) is 394 Å². The van der Waals surface area contributed by atoms with Crippen molar-refractivity contribution in [3.8, 4) is 0 Å². The highest BCUT2D eigenvalue weighted by Crippen LogP contribution is 2.43. The van der Waals surface area contributed by atoms with E-state index in [0.29, 0.717) is 6.42 Å². The fourth-order valence-corrected chi connectivity index (χ4v) is 12.5. The standard InChI is InChI=1S/C82H150NO8P/c1-3-5-7-9-11-13-15-17-19-21-23-25-27-29-31-33-35-37-39-40-41-43-45-47-49-51-53-55-57-59-61-63-65-67-69-71-73-75-82(85)91-80(79-90-92(86,87)89-77-76-83)78-88-81(84)74-72-70-68-66-64-62-60-58-56-54-52-50-48-46-44-42-38-36-34-32-30-28-26-24-22-20-18-16-14-12-10-8-6-4-2/h5,7,11,13,17,19,23,25,29,31,35,37,40-41,80H,3-4,6,8-10,12,14-16,18,20-22,24,26-28,30,32-34,36,38-39,42-79,83H2,1-2H3,(H,86,87)/b7-5-,13-11-,19-17-,25-23-,31-29-,37-35-,41-40-. The Balaban J connectivity index is 3.80. The number of phosphoric ester groups is 1. The fraction of sp³-hybridized carbons (Fsp3) is 0.805. The van der Waals surface area contributed by atoms with E-state index in [4.69, 9.17) is 24.3 Å². The average molecular weight is 1310 g/mol. The molecule has 92 heavy (non-hydrogen) atoms. The monoisotopic (exact) mass is 1310 g/mol. The van der Waals surface area contributed by atoms with E-state index in [9.17, 15) is 19.0 Å². The normalized spacial score (nSPS) is 13.3. The summed E-state index contributed by atoms with van der Waals surface area (Å²) in [5.41, 5.74) is 5.41. The predicted octanol–water partition coefficient (Wildman–Crippen LogP) is 26.5. The van der Waals surface area contributed by atoms with Crippen molar-refractivity contribution in [1.82, 2.24) is 0 Å². The van der Waals surface area contributed by atoms with Crippen molar-refractivity contribution >= 4 is 19.8 Å². The summed E-state index contributed by atoms with van der Waals surface area (Å²) in [6, 6.07) is 0. The van der Waals surface area contributed by atoms with E-state index in [-0.39, 0.29) is 38.6 Å². The number of phosphoric acid groups is 1. The number of allylic oxidation sites excluding steroid dienone is 14. The maximum absolute atomic E-state index is 12.8. The number of nitrogens with two attached hydrogens (primary N) is 1. The third-order valence-electron chi connectivity index (χ3n) is 17.5. The molecule has 0 aliphatic carbocycles. The molecule has 0 aromatic heterocycles. The van der Waals surface area contributed by atoms with Crippen molar-refractivity contribution in [2.24, 2.45) is 5.73 Å². The van der Waals surface area contributed by atoms with Gasteiger partial charge in [-0.3, -0.25) is 18.6 Å². The fourth-order valence-electron chi connectivity index (χ4n) is 11.7. The highest BCUT2D eigenvalue weighted by molar-refractivity contribution is 7.47. The average Bonchev–Trinajstić information content (AvgIpc) is 3.01. The molecule has 0 saturated heterocycles. The summed E-state index contributed by atoms with van der Waals surface area (Å²) in [7, 11) is -4.40. The highest BCUT2D eigenvalue weighted by Gasteiger charge is 2.26. The van der Waals surface area contributed by atoms with E-state index in [1.807, 2.05) is 0 Å². The van der Waals surface area contributed by atoms with E-state index in [0.717, 1.165) is 83.5 Å².